The number of fused-ring (bicyclic) bond motifs is 5. The van der Waals surface area contributed by atoms with Crippen molar-refractivity contribution >= 4 is 52.4 Å². The quantitative estimate of drug-likeness (QED) is 0.173. The molecule has 1 aromatic heterocycles. The number of hydrogen-bond donors (Lipinski definition) is 2. The van der Waals surface area contributed by atoms with E-state index in [-0.39, 0.29) is 38.1 Å². The summed E-state index contributed by atoms with van der Waals surface area (Å²) >= 11 is 1.71. The van der Waals surface area contributed by atoms with Crippen molar-refractivity contribution in [1.29, 1.82) is 0 Å². The smallest absolute Gasteiger partial charge is 0.407 e. The Labute approximate surface area is 288 Å². The maximum absolute atomic E-state index is 13.5. The van der Waals surface area contributed by atoms with Crippen LogP contribution in [0, 0.1) is 0 Å². The molecule has 49 heavy (non-hydrogen) atoms. The first-order valence-corrected chi connectivity index (χ1v) is 16.9. The number of rotatable bonds is 10. The van der Waals surface area contributed by atoms with E-state index in [1.165, 1.54) is 9.80 Å². The number of alkyl carbamates (subject to hydrolysis) is 1. The molecule has 10 heteroatoms. The third-order valence-corrected chi connectivity index (χ3v) is 10.2. The summed E-state index contributed by atoms with van der Waals surface area (Å²) in [4.78, 5) is 42.5. The molecule has 0 saturated heterocycles. The molecule has 2 N–H and O–H groups in total. The molecule has 5 aromatic rings. The van der Waals surface area contributed by atoms with Gasteiger partial charge in [0.05, 0.1) is 16.1 Å². The molecule has 4 aromatic carbocycles. The first-order chi connectivity index (χ1) is 23.9. The van der Waals surface area contributed by atoms with Crippen LogP contribution in [0.4, 0.5) is 10.5 Å². The van der Waals surface area contributed by atoms with Gasteiger partial charge in [-0.2, -0.15) is 4.57 Å². The summed E-state index contributed by atoms with van der Waals surface area (Å²) < 4.78 is 7.43. The van der Waals surface area contributed by atoms with Crippen molar-refractivity contribution in [2.45, 2.75) is 17.4 Å². The fourth-order valence-corrected chi connectivity index (χ4v) is 7.70. The standard InChI is InChI=1S/C39H34N4O5S/c1-41-34-16-8-9-17-35(34)49-37(41)22-26-18-20-42(33-15-7-6-10-27(26)33)23-36(44)43(24-38(45)46)21-19-40-39(47)48-25-32-30-13-4-2-11-28(30)29-12-3-5-14-31(29)32/h2-18,20,22,32H,19,21,23-25H2,1H3,(H-,40,45,46,47)/p+1. The van der Waals surface area contributed by atoms with E-state index >= 15 is 0 Å². The lowest BCUT2D eigenvalue weighted by Gasteiger charge is -2.20. The molecule has 0 spiro atoms. The van der Waals surface area contributed by atoms with Gasteiger partial charge in [-0.1, -0.05) is 84.6 Å². The van der Waals surface area contributed by atoms with Crippen molar-refractivity contribution in [3.8, 4) is 11.1 Å². The zero-order valence-electron chi connectivity index (χ0n) is 26.9. The molecule has 2 amide bonds. The van der Waals surface area contributed by atoms with Crippen molar-refractivity contribution in [3.05, 3.63) is 131 Å². The van der Waals surface area contributed by atoms with Gasteiger partial charge in [-0.05, 0) is 52.1 Å². The molecular weight excluding hydrogens is 637 g/mol. The number of amides is 2. The van der Waals surface area contributed by atoms with Gasteiger partial charge in [0.25, 0.3) is 5.91 Å². The van der Waals surface area contributed by atoms with Crippen LogP contribution in [0.3, 0.4) is 0 Å². The number of carboxylic acid groups (broad SMARTS) is 1. The largest absolute Gasteiger partial charge is 0.480 e. The number of ether oxygens (including phenoxy) is 1. The van der Waals surface area contributed by atoms with Crippen LogP contribution in [-0.4, -0.2) is 61.3 Å². The molecule has 1 aliphatic heterocycles. The molecule has 1 aliphatic carbocycles. The summed E-state index contributed by atoms with van der Waals surface area (Å²) in [6, 6.07) is 34.3. The average Bonchev–Trinajstić information content (AvgIpc) is 3.61. The van der Waals surface area contributed by atoms with E-state index in [0.717, 1.165) is 49.4 Å². The molecule has 0 atom stereocenters. The molecule has 0 unspecified atom stereocenters. The van der Waals surface area contributed by atoms with E-state index in [4.69, 9.17) is 4.74 Å². The van der Waals surface area contributed by atoms with Gasteiger partial charge in [0, 0.05) is 43.1 Å². The molecular formula is C39H35N4O5S+. The Morgan fingerprint density at radius 1 is 0.918 bits per heavy atom. The van der Waals surface area contributed by atoms with Crippen LogP contribution < -0.4 is 14.8 Å². The Hall–Kier alpha value is -5.61. The topological polar surface area (TPSA) is 103 Å². The van der Waals surface area contributed by atoms with Crippen molar-refractivity contribution in [2.75, 3.05) is 38.2 Å². The molecule has 0 saturated carbocycles. The number of carbonyl (C=O) groups is 3. The molecule has 2 heterocycles. The van der Waals surface area contributed by atoms with E-state index in [1.807, 2.05) is 84.5 Å². The molecule has 2 aliphatic rings. The molecule has 0 radical (unpaired) electrons. The zero-order valence-corrected chi connectivity index (χ0v) is 27.7. The second kappa shape index (κ2) is 13.9. The Morgan fingerprint density at radius 3 is 2.33 bits per heavy atom. The third kappa shape index (κ3) is 6.60. The van der Waals surface area contributed by atoms with Gasteiger partial charge in [-0.15, -0.1) is 0 Å². The Bertz CT molecular complexity index is 2070. The molecule has 246 valence electrons. The summed E-state index contributed by atoms with van der Waals surface area (Å²) in [7, 11) is 2.05. The number of thioether (sulfide) groups is 1. The molecule has 9 nitrogen and oxygen atoms in total. The van der Waals surface area contributed by atoms with Crippen molar-refractivity contribution in [3.63, 3.8) is 0 Å². The summed E-state index contributed by atoms with van der Waals surface area (Å²) in [5.74, 6) is -1.59. The van der Waals surface area contributed by atoms with Crippen LogP contribution in [0.5, 0.6) is 0 Å². The van der Waals surface area contributed by atoms with Crippen molar-refractivity contribution < 1.29 is 28.8 Å². The average molecular weight is 672 g/mol. The van der Waals surface area contributed by atoms with Crippen molar-refractivity contribution in [2.24, 2.45) is 0 Å². The fraction of sp³-hybridized carbons (Fsp3) is 0.179. The van der Waals surface area contributed by atoms with Gasteiger partial charge in [-0.3, -0.25) is 9.59 Å². The SMILES string of the molecule is CN1C(=Cc2cc[n+](CC(=O)N(CCNC(=O)OCC3c4ccccc4-c4ccccc43)CC(=O)O)c3ccccc23)Sc2ccccc21. The van der Waals surface area contributed by atoms with Crippen LogP contribution in [0.2, 0.25) is 0 Å². The maximum Gasteiger partial charge on any atom is 0.407 e. The number of nitrogens with one attached hydrogen (secondary N) is 1. The fourth-order valence-electron chi connectivity index (χ4n) is 6.60. The zero-order chi connectivity index (χ0) is 33.9. The van der Waals surface area contributed by atoms with E-state index < -0.39 is 18.6 Å². The number of para-hydroxylation sites is 2. The predicted octanol–water partition coefficient (Wildman–Crippen LogP) is 6.12. The summed E-state index contributed by atoms with van der Waals surface area (Å²) in [5.41, 5.74) is 7.51. The predicted molar refractivity (Wildman–Crippen MR) is 190 cm³/mol. The summed E-state index contributed by atoms with van der Waals surface area (Å²) in [6.07, 6.45) is 3.38. The highest BCUT2D eigenvalue weighted by atomic mass is 32.2. The highest BCUT2D eigenvalue weighted by Crippen LogP contribution is 2.46. The lowest BCUT2D eigenvalue weighted by atomic mass is 9.98. The van der Waals surface area contributed by atoms with Gasteiger partial charge in [0.15, 0.2) is 6.20 Å². The second-order valence-corrected chi connectivity index (χ2v) is 13.1. The normalized spacial score (nSPS) is 14.0. The van der Waals surface area contributed by atoms with Gasteiger partial charge >= 0.3 is 12.1 Å². The summed E-state index contributed by atoms with van der Waals surface area (Å²) in [5, 5.41) is 14.3. The number of pyridine rings is 1. The number of anilines is 1. The number of aliphatic carboxylic acids is 1. The Morgan fingerprint density at radius 2 is 1.59 bits per heavy atom. The Balaban J connectivity index is 0.994. The summed E-state index contributed by atoms with van der Waals surface area (Å²) in [6.45, 7) is -0.326. The second-order valence-electron chi connectivity index (χ2n) is 12.0. The first kappa shape index (κ1) is 32.0. The first-order valence-electron chi connectivity index (χ1n) is 16.1. The van der Waals surface area contributed by atoms with Gasteiger partial charge < -0.3 is 25.0 Å². The number of benzene rings is 4. The number of carbonyl (C=O) groups excluding carboxylic acids is 2. The van der Waals surface area contributed by atoms with E-state index in [1.54, 1.807) is 11.8 Å². The number of carboxylic acids is 1. The monoisotopic (exact) mass is 671 g/mol. The lowest BCUT2D eigenvalue weighted by Crippen LogP contribution is -2.48. The van der Waals surface area contributed by atoms with Crippen LogP contribution in [0.25, 0.3) is 28.1 Å². The lowest BCUT2D eigenvalue weighted by molar-refractivity contribution is -0.659. The van der Waals surface area contributed by atoms with Gasteiger partial charge in [-0.25, -0.2) is 4.79 Å². The highest BCUT2D eigenvalue weighted by molar-refractivity contribution is 8.03. The minimum absolute atomic E-state index is 0.0160. The van der Waals surface area contributed by atoms with Crippen LogP contribution in [-0.2, 0) is 20.9 Å². The highest BCUT2D eigenvalue weighted by Gasteiger charge is 2.29. The molecule has 0 fully saturated rings. The third-order valence-electron chi connectivity index (χ3n) is 8.99. The Kier molecular flexibility index (Phi) is 9.04. The molecule has 0 bridgehead atoms. The minimum atomic E-state index is -1.13. The van der Waals surface area contributed by atoms with Crippen LogP contribution in [0.1, 0.15) is 22.6 Å². The number of hydrogen-bond acceptors (Lipinski definition) is 6. The minimum Gasteiger partial charge on any atom is -0.480 e. The van der Waals surface area contributed by atoms with Gasteiger partial charge in [0.2, 0.25) is 12.1 Å². The van der Waals surface area contributed by atoms with Crippen LogP contribution >= 0.6 is 11.8 Å². The number of aromatic nitrogens is 1. The maximum atomic E-state index is 13.5. The van der Waals surface area contributed by atoms with Crippen LogP contribution in [0.15, 0.2) is 119 Å². The van der Waals surface area contributed by atoms with Crippen molar-refractivity contribution in [1.82, 2.24) is 10.2 Å². The van der Waals surface area contributed by atoms with E-state index in [2.05, 4.69) is 52.7 Å². The van der Waals surface area contributed by atoms with Gasteiger partial charge in [0.1, 0.15) is 13.2 Å². The van der Waals surface area contributed by atoms with E-state index in [0.29, 0.717) is 0 Å². The number of nitrogens with zero attached hydrogens (tertiary/aromatic N) is 3. The van der Waals surface area contributed by atoms with E-state index in [9.17, 15) is 19.5 Å². The molecule has 7 rings (SSSR count).